The summed E-state index contributed by atoms with van der Waals surface area (Å²) in [5.41, 5.74) is 5.49. The maximum absolute atomic E-state index is 11.4. The number of hydrogen-bond acceptors (Lipinski definition) is 4. The van der Waals surface area contributed by atoms with Gasteiger partial charge in [-0.05, 0) is 0 Å². The minimum atomic E-state index is -0.549. The molecule has 2 bridgehead atoms. The summed E-state index contributed by atoms with van der Waals surface area (Å²) in [5.74, 6) is -0.165. The van der Waals surface area contributed by atoms with Crippen molar-refractivity contribution in [3.63, 3.8) is 0 Å². The molecule has 3 aliphatic heterocycles. The van der Waals surface area contributed by atoms with Gasteiger partial charge in [0.2, 0.25) is 0 Å². The number of hydrogen-bond donors (Lipinski definition) is 2. The maximum atomic E-state index is 11.4. The molecule has 66 valence electrons. The van der Waals surface area contributed by atoms with Gasteiger partial charge in [0.05, 0.1) is 0 Å². The standard InChI is InChI=1S/C6H10N4O2/c1-9-3-6(12)10(2)4(5(9)11)8-7-3/h3-4,7-8H,1-2H3. The van der Waals surface area contributed by atoms with Crippen molar-refractivity contribution in [2.75, 3.05) is 14.1 Å². The molecule has 0 aromatic rings. The Hall–Kier alpha value is -1.14. The highest BCUT2D eigenvalue weighted by Gasteiger charge is 2.47. The van der Waals surface area contributed by atoms with Crippen LogP contribution in [0, 0.1) is 0 Å². The van der Waals surface area contributed by atoms with Gasteiger partial charge in [-0.1, -0.05) is 0 Å². The quantitative estimate of drug-likeness (QED) is 0.428. The van der Waals surface area contributed by atoms with Crippen molar-refractivity contribution in [3.8, 4) is 0 Å². The Labute approximate surface area is 69.5 Å². The second-order valence-electron chi connectivity index (χ2n) is 2.99. The lowest BCUT2D eigenvalue weighted by Crippen LogP contribution is -2.79. The second kappa shape index (κ2) is 2.18. The van der Waals surface area contributed by atoms with Gasteiger partial charge < -0.3 is 9.80 Å². The predicted molar refractivity (Wildman–Crippen MR) is 39.4 cm³/mol. The number of carbonyl (C=O) groups excluding carboxylic acids is 2. The highest BCUT2D eigenvalue weighted by atomic mass is 16.2. The zero-order valence-electron chi connectivity index (χ0n) is 6.87. The molecule has 3 fully saturated rings. The molecule has 12 heavy (non-hydrogen) atoms. The number of hydrazine groups is 1. The lowest BCUT2D eigenvalue weighted by molar-refractivity contribution is -0.171. The lowest BCUT2D eigenvalue weighted by atomic mass is 10.2. The van der Waals surface area contributed by atoms with Crippen LogP contribution in [0.4, 0.5) is 0 Å². The summed E-state index contributed by atoms with van der Waals surface area (Å²) in [5, 5.41) is 0. The first kappa shape index (κ1) is 7.51. The molecule has 3 rings (SSSR count). The third-order valence-corrected chi connectivity index (χ3v) is 2.29. The van der Waals surface area contributed by atoms with E-state index in [2.05, 4.69) is 10.9 Å². The molecular weight excluding hydrogens is 160 g/mol. The zero-order valence-corrected chi connectivity index (χ0v) is 6.87. The largest absolute Gasteiger partial charge is 0.318 e. The van der Waals surface area contributed by atoms with Crippen molar-refractivity contribution in [1.29, 1.82) is 0 Å². The third-order valence-electron chi connectivity index (χ3n) is 2.29. The van der Waals surface area contributed by atoms with Gasteiger partial charge in [0.25, 0.3) is 11.8 Å². The van der Waals surface area contributed by atoms with Gasteiger partial charge in [-0.2, -0.15) is 0 Å². The molecule has 6 heteroatoms. The molecule has 2 atom stereocenters. The Balaban J connectivity index is 2.35. The molecule has 0 radical (unpaired) electrons. The van der Waals surface area contributed by atoms with Crippen LogP contribution in [0.3, 0.4) is 0 Å². The van der Waals surface area contributed by atoms with E-state index in [1.807, 2.05) is 0 Å². The topological polar surface area (TPSA) is 64.7 Å². The van der Waals surface area contributed by atoms with E-state index in [1.165, 1.54) is 9.80 Å². The average Bonchev–Trinajstić information content (AvgIpc) is 2.05. The van der Waals surface area contributed by atoms with Crippen LogP contribution in [0.1, 0.15) is 0 Å². The van der Waals surface area contributed by atoms with Crippen molar-refractivity contribution in [2.24, 2.45) is 0 Å². The number of fused-ring (bicyclic) bond motifs is 3. The molecule has 3 saturated heterocycles. The average molecular weight is 170 g/mol. The van der Waals surface area contributed by atoms with Gasteiger partial charge in [-0.15, -0.1) is 0 Å². The summed E-state index contributed by atoms with van der Waals surface area (Å²) in [6.07, 6.45) is -1.10. The van der Waals surface area contributed by atoms with Crippen molar-refractivity contribution in [2.45, 2.75) is 12.3 Å². The molecule has 0 spiro atoms. The van der Waals surface area contributed by atoms with Crippen LogP contribution in [0.5, 0.6) is 0 Å². The molecule has 2 amide bonds. The van der Waals surface area contributed by atoms with E-state index in [0.717, 1.165) is 0 Å². The van der Waals surface area contributed by atoms with E-state index in [0.29, 0.717) is 0 Å². The molecule has 2 unspecified atom stereocenters. The molecule has 0 aromatic carbocycles. The SMILES string of the molecule is CN1C(=O)C2NNC1C(=O)N2C. The Morgan fingerprint density at radius 3 is 1.67 bits per heavy atom. The van der Waals surface area contributed by atoms with E-state index in [9.17, 15) is 9.59 Å². The monoisotopic (exact) mass is 170 g/mol. The number of piperazine rings is 1. The fourth-order valence-corrected chi connectivity index (χ4v) is 1.45. The third kappa shape index (κ3) is 0.705. The minimum Gasteiger partial charge on any atom is -0.318 e. The van der Waals surface area contributed by atoms with E-state index in [1.54, 1.807) is 14.1 Å². The molecule has 0 aliphatic carbocycles. The van der Waals surface area contributed by atoms with Crippen molar-refractivity contribution < 1.29 is 9.59 Å². The number of rotatable bonds is 0. The summed E-state index contributed by atoms with van der Waals surface area (Å²) in [6, 6.07) is 0. The first-order valence-electron chi connectivity index (χ1n) is 3.67. The normalized spacial score (nSPS) is 34.8. The number of likely N-dealkylation sites (N-methyl/N-ethyl adjacent to an activating group) is 2. The molecule has 0 saturated carbocycles. The van der Waals surface area contributed by atoms with E-state index < -0.39 is 12.3 Å². The van der Waals surface area contributed by atoms with Crippen LogP contribution in [0.25, 0.3) is 0 Å². The molecule has 6 nitrogen and oxygen atoms in total. The Bertz CT molecular complexity index is 228. The van der Waals surface area contributed by atoms with Crippen LogP contribution in [0.15, 0.2) is 0 Å². The van der Waals surface area contributed by atoms with Crippen LogP contribution in [0.2, 0.25) is 0 Å². The van der Waals surface area contributed by atoms with Crippen molar-refractivity contribution >= 4 is 11.8 Å². The Morgan fingerprint density at radius 2 is 1.33 bits per heavy atom. The zero-order chi connectivity index (χ0) is 8.88. The minimum absolute atomic E-state index is 0.0825. The molecule has 0 aromatic heterocycles. The number of amides is 2. The van der Waals surface area contributed by atoms with Gasteiger partial charge in [0.1, 0.15) is 0 Å². The van der Waals surface area contributed by atoms with Gasteiger partial charge in [0.15, 0.2) is 12.3 Å². The van der Waals surface area contributed by atoms with Crippen molar-refractivity contribution in [3.05, 3.63) is 0 Å². The Kier molecular flexibility index (Phi) is 1.36. The first-order valence-corrected chi connectivity index (χ1v) is 3.67. The fraction of sp³-hybridized carbons (Fsp3) is 0.667. The lowest BCUT2D eigenvalue weighted by Gasteiger charge is -2.47. The predicted octanol–water partition coefficient (Wildman–Crippen LogP) is -2.32. The molecule has 3 heterocycles. The van der Waals surface area contributed by atoms with E-state index in [-0.39, 0.29) is 11.8 Å². The first-order chi connectivity index (χ1) is 5.63. The number of nitrogens with one attached hydrogen (secondary N) is 2. The van der Waals surface area contributed by atoms with Crippen LogP contribution in [-0.2, 0) is 9.59 Å². The van der Waals surface area contributed by atoms with Crippen molar-refractivity contribution in [1.82, 2.24) is 20.7 Å². The maximum Gasteiger partial charge on any atom is 0.263 e. The van der Waals surface area contributed by atoms with E-state index in [4.69, 9.17) is 0 Å². The summed E-state index contributed by atoms with van der Waals surface area (Å²) in [7, 11) is 3.22. The molecule has 3 aliphatic rings. The van der Waals surface area contributed by atoms with Gasteiger partial charge in [-0.25, -0.2) is 10.9 Å². The second-order valence-corrected chi connectivity index (χ2v) is 2.99. The summed E-state index contributed by atoms with van der Waals surface area (Å²) in [4.78, 5) is 25.6. The van der Waals surface area contributed by atoms with E-state index >= 15 is 0 Å². The van der Waals surface area contributed by atoms with Gasteiger partial charge >= 0.3 is 0 Å². The Morgan fingerprint density at radius 1 is 1.00 bits per heavy atom. The summed E-state index contributed by atoms with van der Waals surface area (Å²) < 4.78 is 0. The number of nitrogens with zero attached hydrogens (tertiary/aromatic N) is 2. The smallest absolute Gasteiger partial charge is 0.263 e. The number of carbonyl (C=O) groups is 2. The van der Waals surface area contributed by atoms with Crippen LogP contribution in [-0.4, -0.2) is 48.0 Å². The highest BCUT2D eigenvalue weighted by Crippen LogP contribution is 2.14. The fourth-order valence-electron chi connectivity index (χ4n) is 1.45. The summed E-state index contributed by atoms with van der Waals surface area (Å²) >= 11 is 0. The summed E-state index contributed by atoms with van der Waals surface area (Å²) in [6.45, 7) is 0. The van der Waals surface area contributed by atoms with Crippen LogP contribution >= 0.6 is 0 Å². The van der Waals surface area contributed by atoms with Gasteiger partial charge in [0, 0.05) is 14.1 Å². The van der Waals surface area contributed by atoms with Gasteiger partial charge in [-0.3, -0.25) is 9.59 Å². The molecule has 2 N–H and O–H groups in total. The van der Waals surface area contributed by atoms with Crippen LogP contribution < -0.4 is 10.9 Å². The highest BCUT2D eigenvalue weighted by molar-refractivity contribution is 5.97. The molecular formula is C6H10N4O2.